The predicted molar refractivity (Wildman–Crippen MR) is 69.9 cm³/mol. The minimum Gasteiger partial charge on any atom is -0.317 e. The molecule has 0 bridgehead atoms. The standard InChI is InChI=1S/C15H20FNO/c1-2-15(6-8-17-9-7-15)14(18)11-12-4-3-5-13(16)10-12/h3-5,10,17H,2,6-9,11H2,1H3. The highest BCUT2D eigenvalue weighted by molar-refractivity contribution is 5.86. The lowest BCUT2D eigenvalue weighted by Crippen LogP contribution is -2.42. The number of hydrogen-bond donors (Lipinski definition) is 1. The van der Waals surface area contributed by atoms with E-state index in [1.54, 1.807) is 6.07 Å². The van der Waals surface area contributed by atoms with Gasteiger partial charge >= 0.3 is 0 Å². The van der Waals surface area contributed by atoms with Gasteiger partial charge in [0.2, 0.25) is 0 Å². The van der Waals surface area contributed by atoms with Gasteiger partial charge in [-0.3, -0.25) is 4.79 Å². The van der Waals surface area contributed by atoms with E-state index in [1.807, 2.05) is 6.07 Å². The van der Waals surface area contributed by atoms with Crippen molar-refractivity contribution in [3.05, 3.63) is 35.6 Å². The lowest BCUT2D eigenvalue weighted by Gasteiger charge is -2.35. The van der Waals surface area contributed by atoms with Crippen LogP contribution in [0.2, 0.25) is 0 Å². The van der Waals surface area contributed by atoms with E-state index >= 15 is 0 Å². The number of rotatable bonds is 4. The van der Waals surface area contributed by atoms with Crippen LogP contribution in [0.3, 0.4) is 0 Å². The number of carbonyl (C=O) groups is 1. The molecule has 18 heavy (non-hydrogen) atoms. The van der Waals surface area contributed by atoms with Gasteiger partial charge in [0.25, 0.3) is 0 Å². The van der Waals surface area contributed by atoms with Gasteiger partial charge in [0, 0.05) is 11.8 Å². The molecule has 2 rings (SSSR count). The zero-order valence-electron chi connectivity index (χ0n) is 10.8. The fraction of sp³-hybridized carbons (Fsp3) is 0.533. The Kier molecular flexibility index (Phi) is 4.12. The normalized spacial score (nSPS) is 18.6. The first kappa shape index (κ1) is 13.2. The molecule has 0 spiro atoms. The molecular weight excluding hydrogens is 229 g/mol. The monoisotopic (exact) mass is 249 g/mol. The van der Waals surface area contributed by atoms with E-state index in [9.17, 15) is 9.18 Å². The molecule has 0 saturated carbocycles. The van der Waals surface area contributed by atoms with Crippen LogP contribution in [0.1, 0.15) is 31.7 Å². The van der Waals surface area contributed by atoms with E-state index in [-0.39, 0.29) is 17.0 Å². The van der Waals surface area contributed by atoms with E-state index in [4.69, 9.17) is 0 Å². The van der Waals surface area contributed by atoms with E-state index in [2.05, 4.69) is 12.2 Å². The first-order valence-corrected chi connectivity index (χ1v) is 6.65. The SMILES string of the molecule is CCC1(C(=O)Cc2cccc(F)c2)CCNCC1. The smallest absolute Gasteiger partial charge is 0.143 e. The van der Waals surface area contributed by atoms with Crippen molar-refractivity contribution in [2.24, 2.45) is 5.41 Å². The predicted octanol–water partition coefficient (Wildman–Crippen LogP) is 2.72. The van der Waals surface area contributed by atoms with E-state index in [1.165, 1.54) is 12.1 Å². The van der Waals surface area contributed by atoms with Gasteiger partial charge < -0.3 is 5.32 Å². The molecule has 0 radical (unpaired) electrons. The highest BCUT2D eigenvalue weighted by Crippen LogP contribution is 2.34. The molecule has 1 aliphatic heterocycles. The summed E-state index contributed by atoms with van der Waals surface area (Å²) in [5, 5.41) is 3.29. The zero-order valence-corrected chi connectivity index (χ0v) is 10.8. The van der Waals surface area contributed by atoms with Crippen LogP contribution in [0, 0.1) is 11.2 Å². The minimum atomic E-state index is -0.267. The Balaban J connectivity index is 2.10. The van der Waals surface area contributed by atoms with Crippen molar-refractivity contribution in [2.45, 2.75) is 32.6 Å². The molecule has 3 heteroatoms. The quantitative estimate of drug-likeness (QED) is 0.889. The first-order chi connectivity index (χ1) is 8.66. The van der Waals surface area contributed by atoms with Crippen LogP contribution < -0.4 is 5.32 Å². The molecule has 1 heterocycles. The van der Waals surface area contributed by atoms with Gasteiger partial charge in [-0.1, -0.05) is 19.1 Å². The summed E-state index contributed by atoms with van der Waals surface area (Å²) in [6, 6.07) is 6.36. The molecule has 1 fully saturated rings. The molecule has 1 N–H and O–H groups in total. The Morgan fingerprint density at radius 3 is 2.72 bits per heavy atom. The average Bonchev–Trinajstić information content (AvgIpc) is 2.39. The van der Waals surface area contributed by atoms with Gasteiger partial charge in [0.05, 0.1) is 0 Å². The maximum atomic E-state index is 13.1. The Bertz CT molecular complexity index is 424. The molecule has 0 amide bonds. The minimum absolute atomic E-state index is 0.197. The van der Waals surface area contributed by atoms with Crippen LogP contribution in [-0.4, -0.2) is 18.9 Å². The van der Waals surface area contributed by atoms with E-state index in [0.29, 0.717) is 6.42 Å². The molecule has 1 aliphatic rings. The Morgan fingerprint density at radius 1 is 1.39 bits per heavy atom. The summed E-state index contributed by atoms with van der Waals surface area (Å²) in [4.78, 5) is 12.5. The van der Waals surface area contributed by atoms with Crippen LogP contribution in [0.25, 0.3) is 0 Å². The molecule has 1 aromatic carbocycles. The molecule has 0 aliphatic carbocycles. The summed E-state index contributed by atoms with van der Waals surface area (Å²) in [6.07, 6.45) is 3.03. The molecule has 1 aromatic rings. The molecule has 0 aromatic heterocycles. The van der Waals surface area contributed by atoms with Crippen molar-refractivity contribution >= 4 is 5.78 Å². The van der Waals surface area contributed by atoms with Crippen molar-refractivity contribution < 1.29 is 9.18 Å². The van der Waals surface area contributed by atoms with Crippen LogP contribution in [0.15, 0.2) is 24.3 Å². The third kappa shape index (κ3) is 2.78. The van der Waals surface area contributed by atoms with E-state index in [0.717, 1.165) is 37.9 Å². The van der Waals surface area contributed by atoms with Gasteiger partial charge in [0.1, 0.15) is 11.6 Å². The number of benzene rings is 1. The number of halogens is 1. The number of hydrogen-bond acceptors (Lipinski definition) is 2. The molecular formula is C15H20FNO. The highest BCUT2D eigenvalue weighted by atomic mass is 19.1. The van der Waals surface area contributed by atoms with Gasteiger partial charge in [-0.2, -0.15) is 0 Å². The molecule has 0 atom stereocenters. The molecule has 2 nitrogen and oxygen atoms in total. The molecule has 0 unspecified atom stereocenters. The summed E-state index contributed by atoms with van der Waals surface area (Å²) in [7, 11) is 0. The topological polar surface area (TPSA) is 29.1 Å². The van der Waals surface area contributed by atoms with Gasteiger partial charge in [-0.25, -0.2) is 4.39 Å². The Labute approximate surface area is 108 Å². The van der Waals surface area contributed by atoms with Crippen LogP contribution in [0.5, 0.6) is 0 Å². The summed E-state index contributed by atoms with van der Waals surface area (Å²) in [5.41, 5.74) is 0.587. The van der Waals surface area contributed by atoms with E-state index < -0.39 is 0 Å². The van der Waals surface area contributed by atoms with Crippen molar-refractivity contribution in [1.82, 2.24) is 5.32 Å². The third-order valence-electron chi connectivity index (χ3n) is 4.08. The maximum Gasteiger partial charge on any atom is 0.143 e. The second-order valence-electron chi connectivity index (χ2n) is 5.11. The van der Waals surface area contributed by atoms with Gasteiger partial charge in [0.15, 0.2) is 0 Å². The Hall–Kier alpha value is -1.22. The fourth-order valence-electron chi connectivity index (χ4n) is 2.75. The Morgan fingerprint density at radius 2 is 2.11 bits per heavy atom. The average molecular weight is 249 g/mol. The van der Waals surface area contributed by atoms with Crippen LogP contribution in [-0.2, 0) is 11.2 Å². The number of carbonyl (C=O) groups excluding carboxylic acids is 1. The van der Waals surface area contributed by atoms with Crippen molar-refractivity contribution in [1.29, 1.82) is 0 Å². The summed E-state index contributed by atoms with van der Waals surface area (Å²) < 4.78 is 13.1. The number of ketones is 1. The maximum absolute atomic E-state index is 13.1. The van der Waals surface area contributed by atoms with Crippen molar-refractivity contribution in [3.8, 4) is 0 Å². The number of nitrogens with one attached hydrogen (secondary N) is 1. The molecule has 98 valence electrons. The second-order valence-corrected chi connectivity index (χ2v) is 5.11. The van der Waals surface area contributed by atoms with Crippen molar-refractivity contribution in [3.63, 3.8) is 0 Å². The van der Waals surface area contributed by atoms with Crippen LogP contribution in [0.4, 0.5) is 4.39 Å². The summed E-state index contributed by atoms with van der Waals surface area (Å²) >= 11 is 0. The highest BCUT2D eigenvalue weighted by Gasteiger charge is 2.36. The zero-order chi connectivity index (χ0) is 13.0. The summed E-state index contributed by atoms with van der Waals surface area (Å²) in [5.74, 6) is -0.00624. The largest absolute Gasteiger partial charge is 0.317 e. The third-order valence-corrected chi connectivity index (χ3v) is 4.08. The fourth-order valence-corrected chi connectivity index (χ4v) is 2.75. The number of Topliss-reactive ketones (excluding diaryl/α,β-unsaturated/α-hetero) is 1. The van der Waals surface area contributed by atoms with Gasteiger partial charge in [-0.15, -0.1) is 0 Å². The second kappa shape index (κ2) is 5.61. The number of piperidine rings is 1. The van der Waals surface area contributed by atoms with Crippen molar-refractivity contribution in [2.75, 3.05) is 13.1 Å². The summed E-state index contributed by atoms with van der Waals surface area (Å²) in [6.45, 7) is 3.89. The van der Waals surface area contributed by atoms with Gasteiger partial charge in [-0.05, 0) is 50.0 Å². The van der Waals surface area contributed by atoms with Crippen LogP contribution >= 0.6 is 0 Å². The lowest BCUT2D eigenvalue weighted by molar-refractivity contribution is -0.129. The lowest BCUT2D eigenvalue weighted by atomic mass is 9.72. The molecule has 1 saturated heterocycles. The first-order valence-electron chi connectivity index (χ1n) is 6.65.